The fourth-order valence-electron chi connectivity index (χ4n) is 3.40. The van der Waals surface area contributed by atoms with Crippen LogP contribution in [0.1, 0.15) is 29.0 Å². The zero-order valence-electron chi connectivity index (χ0n) is 17.1. The van der Waals surface area contributed by atoms with E-state index < -0.39 is 11.9 Å². The van der Waals surface area contributed by atoms with Crippen molar-refractivity contribution < 1.29 is 9.53 Å². The standard InChI is InChI=1S/C23H20N6O2/c1-29-13-12-25-22(29)19(15-8-4-3-5-9-15)28-21-20(16(14-24)23(30)31-2)26-17-10-6-7-11-18(17)27-21/h3-13,16,19H,1-2H3,(H,27,28)/t16-,19-/m1/s1. The fraction of sp³-hybridized carbons (Fsp3) is 0.174. The van der Waals surface area contributed by atoms with Gasteiger partial charge >= 0.3 is 5.97 Å². The molecule has 0 fully saturated rings. The van der Waals surface area contributed by atoms with E-state index in [1.807, 2.05) is 72.4 Å². The van der Waals surface area contributed by atoms with Gasteiger partial charge in [-0.25, -0.2) is 15.0 Å². The minimum Gasteiger partial charge on any atom is -0.468 e. The van der Waals surface area contributed by atoms with Crippen molar-refractivity contribution in [1.82, 2.24) is 19.5 Å². The molecule has 0 spiro atoms. The molecule has 4 rings (SSSR count). The lowest BCUT2D eigenvalue weighted by Gasteiger charge is -2.22. The van der Waals surface area contributed by atoms with Gasteiger partial charge in [-0.2, -0.15) is 5.26 Å². The smallest absolute Gasteiger partial charge is 0.329 e. The minimum atomic E-state index is -1.22. The number of nitriles is 1. The zero-order valence-corrected chi connectivity index (χ0v) is 17.1. The zero-order chi connectivity index (χ0) is 21.8. The van der Waals surface area contributed by atoms with Gasteiger partial charge in [0.2, 0.25) is 0 Å². The molecule has 2 aromatic heterocycles. The van der Waals surface area contributed by atoms with Crippen LogP contribution in [0.2, 0.25) is 0 Å². The summed E-state index contributed by atoms with van der Waals surface area (Å²) in [4.78, 5) is 26.1. The minimum absolute atomic E-state index is 0.211. The Morgan fingerprint density at radius 3 is 2.39 bits per heavy atom. The Labute approximate surface area is 179 Å². The second-order valence-electron chi connectivity index (χ2n) is 6.92. The van der Waals surface area contributed by atoms with E-state index in [2.05, 4.69) is 15.3 Å². The van der Waals surface area contributed by atoms with Crippen molar-refractivity contribution in [2.45, 2.75) is 12.0 Å². The van der Waals surface area contributed by atoms with E-state index in [4.69, 9.17) is 9.72 Å². The molecular weight excluding hydrogens is 392 g/mol. The van der Waals surface area contributed by atoms with E-state index in [-0.39, 0.29) is 11.7 Å². The number of aromatic nitrogens is 4. The lowest BCUT2D eigenvalue weighted by atomic mass is 10.0. The number of nitrogens with one attached hydrogen (secondary N) is 1. The third kappa shape index (κ3) is 3.94. The van der Waals surface area contributed by atoms with Crippen LogP contribution in [0.4, 0.5) is 5.82 Å². The molecule has 8 nitrogen and oxygen atoms in total. The van der Waals surface area contributed by atoms with Crippen LogP contribution in [0.3, 0.4) is 0 Å². The Morgan fingerprint density at radius 1 is 1.10 bits per heavy atom. The van der Waals surface area contributed by atoms with Crippen molar-refractivity contribution in [3.63, 3.8) is 0 Å². The first kappa shape index (κ1) is 20.0. The molecule has 0 saturated carbocycles. The van der Waals surface area contributed by atoms with Crippen LogP contribution in [0.5, 0.6) is 0 Å². The van der Waals surface area contributed by atoms with Crippen molar-refractivity contribution in [1.29, 1.82) is 5.26 Å². The van der Waals surface area contributed by atoms with E-state index in [9.17, 15) is 10.1 Å². The first-order chi connectivity index (χ1) is 15.1. The molecule has 0 aliphatic heterocycles. The number of carbonyl (C=O) groups excluding carboxylic acids is 1. The van der Waals surface area contributed by atoms with Crippen LogP contribution >= 0.6 is 0 Å². The number of anilines is 1. The number of hydrogen-bond acceptors (Lipinski definition) is 7. The van der Waals surface area contributed by atoms with Crippen LogP contribution in [-0.2, 0) is 16.6 Å². The van der Waals surface area contributed by atoms with E-state index in [0.717, 1.165) is 11.4 Å². The monoisotopic (exact) mass is 412 g/mol. The third-order valence-corrected chi connectivity index (χ3v) is 4.97. The van der Waals surface area contributed by atoms with Crippen molar-refractivity contribution >= 4 is 22.8 Å². The summed E-state index contributed by atoms with van der Waals surface area (Å²) in [7, 11) is 3.15. The van der Waals surface area contributed by atoms with Crippen molar-refractivity contribution in [2.24, 2.45) is 7.05 Å². The van der Waals surface area contributed by atoms with E-state index in [1.165, 1.54) is 7.11 Å². The highest BCUT2D eigenvalue weighted by atomic mass is 16.5. The predicted molar refractivity (Wildman–Crippen MR) is 115 cm³/mol. The van der Waals surface area contributed by atoms with Crippen LogP contribution in [0, 0.1) is 11.3 Å². The van der Waals surface area contributed by atoms with Gasteiger partial charge in [-0.1, -0.05) is 42.5 Å². The van der Waals surface area contributed by atoms with Gasteiger partial charge in [0.1, 0.15) is 17.6 Å². The molecule has 4 aromatic rings. The van der Waals surface area contributed by atoms with Gasteiger partial charge in [0, 0.05) is 19.4 Å². The summed E-state index contributed by atoms with van der Waals surface area (Å²) in [5, 5.41) is 13.1. The molecule has 0 saturated heterocycles. The number of imidazole rings is 1. The summed E-state index contributed by atoms with van der Waals surface area (Å²) in [6.07, 6.45) is 3.57. The molecule has 8 heteroatoms. The SMILES string of the molecule is COC(=O)[C@H](C#N)c1nc2ccccc2nc1N[C@H](c1ccccc1)c1nccn1C. The molecule has 2 heterocycles. The number of fused-ring (bicyclic) bond motifs is 1. The Hall–Kier alpha value is -4.25. The molecule has 154 valence electrons. The molecule has 2 aromatic carbocycles. The second-order valence-corrected chi connectivity index (χ2v) is 6.92. The summed E-state index contributed by atoms with van der Waals surface area (Å²) in [6.45, 7) is 0. The second kappa shape index (κ2) is 8.63. The molecule has 0 aliphatic rings. The van der Waals surface area contributed by atoms with Gasteiger partial charge in [0.05, 0.1) is 24.2 Å². The maximum absolute atomic E-state index is 12.3. The van der Waals surface area contributed by atoms with Crippen LogP contribution in [-0.4, -0.2) is 32.6 Å². The Balaban J connectivity index is 1.88. The van der Waals surface area contributed by atoms with E-state index >= 15 is 0 Å². The number of nitrogens with zero attached hydrogens (tertiary/aromatic N) is 5. The maximum Gasteiger partial charge on any atom is 0.329 e. The maximum atomic E-state index is 12.3. The van der Waals surface area contributed by atoms with E-state index in [1.54, 1.807) is 12.3 Å². The van der Waals surface area contributed by atoms with Crippen LogP contribution in [0.25, 0.3) is 11.0 Å². The first-order valence-corrected chi connectivity index (χ1v) is 9.65. The number of rotatable bonds is 6. The summed E-state index contributed by atoms with van der Waals surface area (Å²) in [5.74, 6) is -0.836. The number of carbonyl (C=O) groups is 1. The largest absolute Gasteiger partial charge is 0.468 e. The normalized spacial score (nSPS) is 12.7. The molecule has 0 aliphatic carbocycles. The number of benzene rings is 2. The molecule has 1 N–H and O–H groups in total. The number of para-hydroxylation sites is 2. The lowest BCUT2D eigenvalue weighted by Crippen LogP contribution is -2.22. The average Bonchev–Trinajstić information content (AvgIpc) is 3.23. The lowest BCUT2D eigenvalue weighted by molar-refractivity contribution is -0.141. The Morgan fingerprint density at radius 2 is 1.77 bits per heavy atom. The van der Waals surface area contributed by atoms with Gasteiger partial charge in [0.15, 0.2) is 11.7 Å². The van der Waals surface area contributed by atoms with Crippen LogP contribution in [0.15, 0.2) is 67.0 Å². The predicted octanol–water partition coefficient (Wildman–Crippen LogP) is 3.34. The molecule has 0 radical (unpaired) electrons. The van der Waals surface area contributed by atoms with E-state index in [0.29, 0.717) is 16.9 Å². The summed E-state index contributed by atoms with van der Waals surface area (Å²) < 4.78 is 6.74. The highest BCUT2D eigenvalue weighted by molar-refractivity contribution is 5.85. The quantitative estimate of drug-likeness (QED) is 0.484. The average molecular weight is 412 g/mol. The summed E-state index contributed by atoms with van der Waals surface area (Å²) in [5.41, 5.74) is 2.38. The highest BCUT2D eigenvalue weighted by Gasteiger charge is 2.29. The highest BCUT2D eigenvalue weighted by Crippen LogP contribution is 2.30. The summed E-state index contributed by atoms with van der Waals surface area (Å²) in [6, 6.07) is 18.7. The number of methoxy groups -OCH3 is 1. The molecular formula is C23H20N6O2. The molecule has 0 unspecified atom stereocenters. The molecule has 0 bridgehead atoms. The van der Waals surface area contributed by atoms with Crippen LogP contribution < -0.4 is 5.32 Å². The Kier molecular flexibility index (Phi) is 5.58. The number of hydrogen-bond donors (Lipinski definition) is 1. The van der Waals surface area contributed by atoms with Gasteiger partial charge < -0.3 is 14.6 Å². The Bertz CT molecular complexity index is 1260. The number of ether oxygens (including phenoxy) is 1. The van der Waals surface area contributed by atoms with Gasteiger partial charge in [-0.05, 0) is 17.7 Å². The summed E-state index contributed by atoms with van der Waals surface area (Å²) >= 11 is 0. The van der Waals surface area contributed by atoms with Gasteiger partial charge in [-0.3, -0.25) is 4.79 Å². The number of aryl methyl sites for hydroxylation is 1. The van der Waals surface area contributed by atoms with Crippen molar-refractivity contribution in [2.75, 3.05) is 12.4 Å². The topological polar surface area (TPSA) is 106 Å². The number of esters is 1. The van der Waals surface area contributed by atoms with Crippen molar-refractivity contribution in [3.05, 3.63) is 84.1 Å². The van der Waals surface area contributed by atoms with Gasteiger partial charge in [0.25, 0.3) is 0 Å². The fourth-order valence-corrected chi connectivity index (χ4v) is 3.40. The third-order valence-electron chi connectivity index (χ3n) is 4.97. The van der Waals surface area contributed by atoms with Crippen molar-refractivity contribution in [3.8, 4) is 6.07 Å². The molecule has 2 atom stereocenters. The first-order valence-electron chi connectivity index (χ1n) is 9.65. The molecule has 0 amide bonds. The van der Waals surface area contributed by atoms with Gasteiger partial charge in [-0.15, -0.1) is 0 Å². The molecule has 31 heavy (non-hydrogen) atoms.